The number of hydrogen-bond acceptors (Lipinski definition) is 2. The van der Waals surface area contributed by atoms with E-state index in [9.17, 15) is 14.3 Å². The number of phenolic OH excluding ortho intramolecular Hbond substituents is 1. The molecule has 0 saturated heterocycles. The lowest BCUT2D eigenvalue weighted by atomic mass is 9.91. The molecular formula is C11H11FO2. The van der Waals surface area contributed by atoms with Gasteiger partial charge in [-0.2, -0.15) is 0 Å². The molecule has 1 N–H and O–H groups in total. The van der Waals surface area contributed by atoms with Gasteiger partial charge in [0.25, 0.3) is 0 Å². The zero-order chi connectivity index (χ0) is 10.3. The van der Waals surface area contributed by atoms with E-state index in [1.165, 1.54) is 19.1 Å². The standard InChI is InChI=1S/C11H11FO2/c1-7(13)11(5-6-11)8-3-2-4-9(12)10(8)14/h2-4,14H,5-6H2,1H3. The van der Waals surface area contributed by atoms with Gasteiger partial charge in [-0.1, -0.05) is 12.1 Å². The average molecular weight is 194 g/mol. The second kappa shape index (κ2) is 2.80. The molecule has 0 radical (unpaired) electrons. The normalized spacial score (nSPS) is 17.9. The van der Waals surface area contributed by atoms with Crippen LogP contribution >= 0.6 is 0 Å². The molecule has 2 rings (SSSR count). The lowest BCUT2D eigenvalue weighted by Gasteiger charge is -2.13. The first-order chi connectivity index (χ1) is 6.58. The number of hydrogen-bond donors (Lipinski definition) is 1. The molecule has 0 amide bonds. The van der Waals surface area contributed by atoms with E-state index in [-0.39, 0.29) is 11.5 Å². The van der Waals surface area contributed by atoms with Gasteiger partial charge in [0.2, 0.25) is 0 Å². The lowest BCUT2D eigenvalue weighted by Crippen LogP contribution is -2.17. The first kappa shape index (κ1) is 9.19. The first-order valence-electron chi connectivity index (χ1n) is 4.57. The highest BCUT2D eigenvalue weighted by molar-refractivity contribution is 5.91. The number of ketones is 1. The fourth-order valence-corrected chi connectivity index (χ4v) is 1.84. The van der Waals surface area contributed by atoms with Gasteiger partial charge in [-0.15, -0.1) is 0 Å². The number of carbonyl (C=O) groups excluding carboxylic acids is 1. The largest absolute Gasteiger partial charge is 0.505 e. The molecule has 74 valence electrons. The Bertz CT molecular complexity index is 394. The summed E-state index contributed by atoms with van der Waals surface area (Å²) < 4.78 is 13.0. The molecule has 1 aromatic carbocycles. The number of Topliss-reactive ketones (excluding diaryl/α,β-unsaturated/α-hetero) is 1. The minimum Gasteiger partial charge on any atom is -0.505 e. The summed E-state index contributed by atoms with van der Waals surface area (Å²) in [6.07, 6.45) is 1.42. The summed E-state index contributed by atoms with van der Waals surface area (Å²) in [6.45, 7) is 1.48. The Morgan fingerprint density at radius 2 is 2.14 bits per heavy atom. The maximum atomic E-state index is 13.0. The van der Waals surface area contributed by atoms with E-state index < -0.39 is 11.2 Å². The van der Waals surface area contributed by atoms with Crippen molar-refractivity contribution in [2.75, 3.05) is 0 Å². The highest BCUT2D eigenvalue weighted by Gasteiger charge is 2.50. The summed E-state index contributed by atoms with van der Waals surface area (Å²) in [5.74, 6) is -1.03. The van der Waals surface area contributed by atoms with Gasteiger partial charge in [0, 0.05) is 5.56 Å². The van der Waals surface area contributed by atoms with E-state index in [1.807, 2.05) is 0 Å². The van der Waals surface area contributed by atoms with Crippen LogP contribution in [0, 0.1) is 5.82 Å². The Hall–Kier alpha value is -1.38. The second-order valence-corrected chi connectivity index (χ2v) is 3.77. The van der Waals surface area contributed by atoms with E-state index in [0.29, 0.717) is 18.4 Å². The minimum absolute atomic E-state index is 0.00148. The van der Waals surface area contributed by atoms with Gasteiger partial charge < -0.3 is 5.11 Å². The molecule has 0 atom stereocenters. The monoisotopic (exact) mass is 194 g/mol. The number of phenols is 1. The molecule has 3 heteroatoms. The molecule has 1 aliphatic rings. The molecule has 2 nitrogen and oxygen atoms in total. The number of rotatable bonds is 2. The molecule has 0 unspecified atom stereocenters. The maximum Gasteiger partial charge on any atom is 0.165 e. The molecule has 1 fully saturated rings. The van der Waals surface area contributed by atoms with E-state index in [1.54, 1.807) is 6.07 Å². The highest BCUT2D eigenvalue weighted by atomic mass is 19.1. The van der Waals surface area contributed by atoms with E-state index in [0.717, 1.165) is 0 Å². The molecule has 1 aromatic rings. The van der Waals surface area contributed by atoms with Gasteiger partial charge in [-0.05, 0) is 25.8 Å². The molecule has 0 bridgehead atoms. The smallest absolute Gasteiger partial charge is 0.165 e. The Morgan fingerprint density at radius 3 is 2.64 bits per heavy atom. The van der Waals surface area contributed by atoms with Crippen molar-refractivity contribution in [1.82, 2.24) is 0 Å². The minimum atomic E-state index is -0.657. The molecule has 1 aliphatic carbocycles. The van der Waals surface area contributed by atoms with Crippen LogP contribution < -0.4 is 0 Å². The number of carbonyl (C=O) groups is 1. The Balaban J connectivity index is 2.52. The predicted molar refractivity (Wildman–Crippen MR) is 49.7 cm³/mol. The summed E-state index contributed by atoms with van der Waals surface area (Å²) in [4.78, 5) is 11.4. The first-order valence-corrected chi connectivity index (χ1v) is 4.57. The van der Waals surface area contributed by atoms with Crippen molar-refractivity contribution < 1.29 is 14.3 Å². The maximum absolute atomic E-state index is 13.0. The number of aromatic hydroxyl groups is 1. The van der Waals surface area contributed by atoms with Crippen molar-refractivity contribution in [3.63, 3.8) is 0 Å². The van der Waals surface area contributed by atoms with Crippen molar-refractivity contribution in [1.29, 1.82) is 0 Å². The van der Waals surface area contributed by atoms with Crippen LogP contribution in [-0.4, -0.2) is 10.9 Å². The van der Waals surface area contributed by atoms with Crippen LogP contribution in [0.1, 0.15) is 25.3 Å². The predicted octanol–water partition coefficient (Wildman–Crippen LogP) is 2.15. The second-order valence-electron chi connectivity index (χ2n) is 3.77. The van der Waals surface area contributed by atoms with Crippen LogP contribution in [0.5, 0.6) is 5.75 Å². The van der Waals surface area contributed by atoms with Crippen LogP contribution in [0.15, 0.2) is 18.2 Å². The third-order valence-electron chi connectivity index (χ3n) is 2.93. The van der Waals surface area contributed by atoms with Gasteiger partial charge in [0.1, 0.15) is 5.78 Å². The van der Waals surface area contributed by atoms with Gasteiger partial charge in [0.05, 0.1) is 5.41 Å². The summed E-state index contributed by atoms with van der Waals surface area (Å²) >= 11 is 0. The molecular weight excluding hydrogens is 183 g/mol. The van der Waals surface area contributed by atoms with E-state index in [4.69, 9.17) is 0 Å². The highest BCUT2D eigenvalue weighted by Crippen LogP contribution is 2.52. The van der Waals surface area contributed by atoms with E-state index in [2.05, 4.69) is 0 Å². The third kappa shape index (κ3) is 1.12. The Morgan fingerprint density at radius 1 is 1.50 bits per heavy atom. The van der Waals surface area contributed by atoms with Crippen molar-refractivity contribution in [2.45, 2.75) is 25.2 Å². The Labute approximate surface area is 81.4 Å². The Kier molecular flexibility index (Phi) is 1.84. The van der Waals surface area contributed by atoms with Crippen LogP contribution in [0.2, 0.25) is 0 Å². The zero-order valence-electron chi connectivity index (χ0n) is 7.88. The SMILES string of the molecule is CC(=O)C1(c2cccc(F)c2O)CC1. The molecule has 0 aliphatic heterocycles. The van der Waals surface area contributed by atoms with Crippen LogP contribution in [0.3, 0.4) is 0 Å². The van der Waals surface area contributed by atoms with Gasteiger partial charge >= 0.3 is 0 Å². The molecule has 1 saturated carbocycles. The van der Waals surface area contributed by atoms with Crippen molar-refractivity contribution in [3.05, 3.63) is 29.6 Å². The summed E-state index contributed by atoms with van der Waals surface area (Å²) in [6, 6.07) is 4.33. The van der Waals surface area contributed by atoms with Crippen LogP contribution in [0.4, 0.5) is 4.39 Å². The van der Waals surface area contributed by atoms with Crippen molar-refractivity contribution in [2.24, 2.45) is 0 Å². The van der Waals surface area contributed by atoms with Gasteiger partial charge in [0.15, 0.2) is 11.6 Å². The van der Waals surface area contributed by atoms with Crippen molar-refractivity contribution in [3.8, 4) is 5.75 Å². The molecule has 0 heterocycles. The van der Waals surface area contributed by atoms with Crippen LogP contribution in [0.25, 0.3) is 0 Å². The van der Waals surface area contributed by atoms with Gasteiger partial charge in [-0.25, -0.2) is 4.39 Å². The van der Waals surface area contributed by atoms with Crippen molar-refractivity contribution >= 4 is 5.78 Å². The fourth-order valence-electron chi connectivity index (χ4n) is 1.84. The summed E-state index contributed by atoms with van der Waals surface area (Å²) in [5.41, 5.74) is -0.170. The topological polar surface area (TPSA) is 37.3 Å². The summed E-state index contributed by atoms with van der Waals surface area (Å²) in [7, 11) is 0. The van der Waals surface area contributed by atoms with E-state index >= 15 is 0 Å². The average Bonchev–Trinajstić information content (AvgIpc) is 2.90. The third-order valence-corrected chi connectivity index (χ3v) is 2.93. The zero-order valence-corrected chi connectivity index (χ0v) is 7.88. The fraction of sp³-hybridized carbons (Fsp3) is 0.364. The van der Waals surface area contributed by atoms with Crippen LogP contribution in [-0.2, 0) is 10.2 Å². The summed E-state index contributed by atoms with van der Waals surface area (Å²) in [5, 5.41) is 9.49. The lowest BCUT2D eigenvalue weighted by molar-refractivity contribution is -0.119. The number of benzene rings is 1. The number of halogens is 1. The number of para-hydroxylation sites is 1. The molecule has 0 spiro atoms. The molecule has 14 heavy (non-hydrogen) atoms. The molecule has 0 aromatic heterocycles. The quantitative estimate of drug-likeness (QED) is 0.783. The van der Waals surface area contributed by atoms with Gasteiger partial charge in [-0.3, -0.25) is 4.79 Å².